The third-order valence-corrected chi connectivity index (χ3v) is 3.25. The Kier molecular flexibility index (Phi) is 3.94. The molecule has 0 radical (unpaired) electrons. The van der Waals surface area contributed by atoms with Gasteiger partial charge in [0.15, 0.2) is 11.4 Å². The third kappa shape index (κ3) is 3.22. The number of nitrogens with zero attached hydrogens (tertiary/aromatic N) is 3. The van der Waals surface area contributed by atoms with Crippen molar-refractivity contribution in [2.45, 2.75) is 0 Å². The number of hydrogen-bond acceptors (Lipinski definition) is 5. The highest BCUT2D eigenvalue weighted by Gasteiger charge is 2.09. The minimum absolute atomic E-state index is 0.207. The molecule has 8 nitrogen and oxygen atoms in total. The van der Waals surface area contributed by atoms with Crippen LogP contribution in [-0.4, -0.2) is 32.1 Å². The van der Waals surface area contributed by atoms with E-state index in [2.05, 4.69) is 10.3 Å². The van der Waals surface area contributed by atoms with Gasteiger partial charge in [-0.25, -0.2) is 4.79 Å². The first kappa shape index (κ1) is 15.2. The zero-order valence-corrected chi connectivity index (χ0v) is 12.3. The van der Waals surface area contributed by atoms with Crippen LogP contribution >= 0.6 is 0 Å². The van der Waals surface area contributed by atoms with Gasteiger partial charge in [-0.05, 0) is 40.6 Å². The van der Waals surface area contributed by atoms with E-state index in [1.54, 1.807) is 36.4 Å². The van der Waals surface area contributed by atoms with Crippen molar-refractivity contribution in [1.29, 1.82) is 0 Å². The molecule has 0 saturated carbocycles. The number of carboxylic acids is 1. The van der Waals surface area contributed by atoms with Crippen LogP contribution in [0.4, 0.5) is 0 Å². The molecule has 0 aliphatic rings. The minimum atomic E-state index is -1.18. The van der Waals surface area contributed by atoms with Gasteiger partial charge in [0.05, 0.1) is 0 Å². The largest absolute Gasteiger partial charge is 0.476 e. The van der Waals surface area contributed by atoms with Crippen molar-refractivity contribution in [2.75, 3.05) is 0 Å². The lowest BCUT2D eigenvalue weighted by atomic mass is 10.0. The Bertz CT molecular complexity index is 885. The van der Waals surface area contributed by atoms with E-state index in [-0.39, 0.29) is 5.69 Å². The topological polar surface area (TPSA) is 120 Å². The van der Waals surface area contributed by atoms with E-state index in [1.807, 2.05) is 12.1 Å². The Morgan fingerprint density at radius 1 is 1.00 bits per heavy atom. The van der Waals surface area contributed by atoms with Crippen LogP contribution in [0.3, 0.4) is 0 Å². The molecule has 0 spiro atoms. The second-order valence-corrected chi connectivity index (χ2v) is 4.87. The van der Waals surface area contributed by atoms with Gasteiger partial charge in [0.2, 0.25) is 5.91 Å². The van der Waals surface area contributed by atoms with Gasteiger partial charge in [0.25, 0.3) is 0 Å². The van der Waals surface area contributed by atoms with Crippen LogP contribution in [-0.2, 0) is 0 Å². The lowest BCUT2D eigenvalue weighted by molar-refractivity contribution is 0.0689. The second-order valence-electron chi connectivity index (χ2n) is 4.87. The summed E-state index contributed by atoms with van der Waals surface area (Å²) >= 11 is 0. The number of primary amides is 1. The number of carbonyl (C=O) groups is 2. The first-order chi connectivity index (χ1) is 11.5. The molecule has 2 aromatic carbocycles. The highest BCUT2D eigenvalue weighted by atomic mass is 16.7. The molecule has 3 N–H and O–H groups in total. The highest BCUT2D eigenvalue weighted by Crippen LogP contribution is 2.23. The number of aromatic nitrogens is 3. The van der Waals surface area contributed by atoms with E-state index < -0.39 is 11.9 Å². The molecule has 120 valence electrons. The van der Waals surface area contributed by atoms with Gasteiger partial charge in [0.1, 0.15) is 6.20 Å². The zero-order chi connectivity index (χ0) is 17.1. The predicted molar refractivity (Wildman–Crippen MR) is 83.4 cm³/mol. The maximum Gasteiger partial charge on any atom is 0.358 e. The fourth-order valence-electron chi connectivity index (χ4n) is 2.03. The van der Waals surface area contributed by atoms with Gasteiger partial charge in [-0.2, -0.15) is 0 Å². The number of benzene rings is 2. The van der Waals surface area contributed by atoms with Crippen molar-refractivity contribution < 1.29 is 19.5 Å². The average Bonchev–Trinajstić information content (AvgIpc) is 3.04. The Morgan fingerprint density at radius 2 is 1.58 bits per heavy atom. The van der Waals surface area contributed by atoms with Crippen molar-refractivity contribution in [1.82, 2.24) is 15.2 Å². The Balaban J connectivity index is 1.74. The monoisotopic (exact) mass is 324 g/mol. The van der Waals surface area contributed by atoms with Crippen molar-refractivity contribution in [2.24, 2.45) is 5.73 Å². The molecule has 0 unspecified atom stereocenters. The van der Waals surface area contributed by atoms with E-state index >= 15 is 0 Å². The standard InChI is InChI=1S/C16H12N4O4/c17-15(21)12-3-1-10(2-4-12)11-5-7-13(8-6-11)24-20-9-14(16(22)23)18-19-20/h1-9H,(H2,17,21)(H,22,23). The summed E-state index contributed by atoms with van der Waals surface area (Å²) in [5.41, 5.74) is 7.28. The van der Waals surface area contributed by atoms with Gasteiger partial charge in [-0.3, -0.25) is 4.79 Å². The molecule has 1 amide bonds. The third-order valence-electron chi connectivity index (χ3n) is 3.25. The van der Waals surface area contributed by atoms with E-state index in [9.17, 15) is 9.59 Å². The molecular formula is C16H12N4O4. The summed E-state index contributed by atoms with van der Waals surface area (Å²) in [5, 5.41) is 15.8. The normalized spacial score (nSPS) is 10.3. The molecular weight excluding hydrogens is 312 g/mol. The van der Waals surface area contributed by atoms with Crippen molar-refractivity contribution >= 4 is 11.9 Å². The number of hydrogen-bond donors (Lipinski definition) is 2. The SMILES string of the molecule is NC(=O)c1ccc(-c2ccc(On3cc(C(=O)O)nn3)cc2)cc1. The van der Waals surface area contributed by atoms with Crippen LogP contribution in [0.1, 0.15) is 20.8 Å². The van der Waals surface area contributed by atoms with Crippen LogP contribution in [0, 0.1) is 0 Å². The molecule has 0 fully saturated rings. The van der Waals surface area contributed by atoms with E-state index in [1.165, 1.54) is 6.20 Å². The number of amides is 1. The number of nitrogens with two attached hydrogens (primary N) is 1. The maximum absolute atomic E-state index is 11.1. The molecule has 0 aliphatic carbocycles. The molecule has 1 aromatic heterocycles. The van der Waals surface area contributed by atoms with Crippen LogP contribution < -0.4 is 10.6 Å². The summed E-state index contributed by atoms with van der Waals surface area (Å²) in [5.74, 6) is -1.19. The van der Waals surface area contributed by atoms with Crippen molar-refractivity contribution in [3.63, 3.8) is 0 Å². The molecule has 3 aromatic rings. The van der Waals surface area contributed by atoms with E-state index in [0.29, 0.717) is 11.3 Å². The average molecular weight is 324 g/mol. The Morgan fingerprint density at radius 3 is 2.08 bits per heavy atom. The molecule has 0 atom stereocenters. The first-order valence-electron chi connectivity index (χ1n) is 6.87. The van der Waals surface area contributed by atoms with Gasteiger partial charge < -0.3 is 15.7 Å². The van der Waals surface area contributed by atoms with Crippen LogP contribution in [0.25, 0.3) is 11.1 Å². The molecule has 3 rings (SSSR count). The number of rotatable bonds is 5. The van der Waals surface area contributed by atoms with Gasteiger partial charge in [0, 0.05) is 5.56 Å². The molecule has 0 saturated heterocycles. The molecule has 8 heteroatoms. The van der Waals surface area contributed by atoms with E-state index in [4.69, 9.17) is 15.7 Å². The minimum Gasteiger partial charge on any atom is -0.476 e. The Hall–Kier alpha value is -3.68. The van der Waals surface area contributed by atoms with Gasteiger partial charge >= 0.3 is 5.97 Å². The summed E-state index contributed by atoms with van der Waals surface area (Å²) in [6.07, 6.45) is 1.17. The predicted octanol–water partition coefficient (Wildman–Crippen LogP) is 1.58. The number of carbonyl (C=O) groups excluding carboxylic acids is 1. The summed E-state index contributed by atoms with van der Waals surface area (Å²) < 4.78 is 0. The summed E-state index contributed by atoms with van der Waals surface area (Å²) in [7, 11) is 0. The lowest BCUT2D eigenvalue weighted by Gasteiger charge is -2.06. The zero-order valence-electron chi connectivity index (χ0n) is 12.3. The molecule has 0 aliphatic heterocycles. The summed E-state index contributed by atoms with van der Waals surface area (Å²) in [6.45, 7) is 0. The van der Waals surface area contributed by atoms with Gasteiger partial charge in [-0.1, -0.05) is 29.1 Å². The highest BCUT2D eigenvalue weighted by molar-refractivity contribution is 5.93. The molecule has 0 bridgehead atoms. The number of carboxylic acid groups (broad SMARTS) is 1. The van der Waals surface area contributed by atoms with Crippen molar-refractivity contribution in [3.05, 3.63) is 66.0 Å². The van der Waals surface area contributed by atoms with Crippen LogP contribution in [0.2, 0.25) is 0 Å². The fourth-order valence-corrected chi connectivity index (χ4v) is 2.03. The molecule has 1 heterocycles. The first-order valence-corrected chi connectivity index (χ1v) is 6.87. The second kappa shape index (κ2) is 6.21. The summed E-state index contributed by atoms with van der Waals surface area (Å²) in [4.78, 5) is 28.1. The fraction of sp³-hybridized carbons (Fsp3) is 0. The van der Waals surface area contributed by atoms with Crippen molar-refractivity contribution in [3.8, 4) is 16.9 Å². The van der Waals surface area contributed by atoms with Crippen LogP contribution in [0.15, 0.2) is 54.7 Å². The smallest absolute Gasteiger partial charge is 0.358 e. The quantitative estimate of drug-likeness (QED) is 0.735. The Labute approximate surface area is 136 Å². The molecule has 24 heavy (non-hydrogen) atoms. The number of aromatic carboxylic acids is 1. The lowest BCUT2D eigenvalue weighted by Crippen LogP contribution is -2.10. The maximum atomic E-state index is 11.1. The summed E-state index contributed by atoms with van der Waals surface area (Å²) in [6, 6.07) is 14.0. The van der Waals surface area contributed by atoms with Gasteiger partial charge in [-0.15, -0.1) is 5.10 Å². The van der Waals surface area contributed by atoms with E-state index in [0.717, 1.165) is 16.0 Å². The van der Waals surface area contributed by atoms with Crippen LogP contribution in [0.5, 0.6) is 5.75 Å².